The fraction of sp³-hybridized carbons (Fsp3) is 0.833. The molecule has 0 spiro atoms. The van der Waals surface area contributed by atoms with E-state index in [1.165, 1.54) is 19.3 Å². The maximum atomic E-state index is 9.81. The zero-order valence-electron chi connectivity index (χ0n) is 8.71. The van der Waals surface area contributed by atoms with Gasteiger partial charge < -0.3 is 10.2 Å². The molecule has 2 rings (SSSR count). The highest BCUT2D eigenvalue weighted by molar-refractivity contribution is 5.20. The summed E-state index contributed by atoms with van der Waals surface area (Å²) in [7, 11) is 0. The quantitative estimate of drug-likeness (QED) is 0.630. The molecule has 2 atom stereocenters. The summed E-state index contributed by atoms with van der Waals surface area (Å²) in [6.45, 7) is 0.143. The van der Waals surface area contributed by atoms with Gasteiger partial charge in [0, 0.05) is 12.5 Å². The van der Waals surface area contributed by atoms with E-state index in [1.54, 1.807) is 11.1 Å². The summed E-state index contributed by atoms with van der Waals surface area (Å²) in [6, 6.07) is 0. The predicted molar refractivity (Wildman–Crippen MR) is 55.9 cm³/mol. The third-order valence-electron chi connectivity index (χ3n) is 3.79. The van der Waals surface area contributed by atoms with E-state index in [0.717, 1.165) is 25.7 Å². The molecule has 0 saturated carbocycles. The second-order valence-electron chi connectivity index (χ2n) is 4.65. The molecule has 0 aromatic rings. The van der Waals surface area contributed by atoms with Crippen LogP contribution in [-0.2, 0) is 0 Å². The normalized spacial score (nSPS) is 33.9. The van der Waals surface area contributed by atoms with Crippen molar-refractivity contribution in [1.29, 1.82) is 0 Å². The predicted octanol–water partition coefficient (Wildman–Crippen LogP) is 2.01. The lowest BCUT2D eigenvalue weighted by Crippen LogP contribution is -2.25. The van der Waals surface area contributed by atoms with Gasteiger partial charge in [0.15, 0.2) is 0 Å². The third kappa shape index (κ3) is 2.01. The van der Waals surface area contributed by atoms with Gasteiger partial charge in [-0.25, -0.2) is 0 Å². The highest BCUT2D eigenvalue weighted by atomic mass is 16.3. The highest BCUT2D eigenvalue weighted by Gasteiger charge is 2.24. The van der Waals surface area contributed by atoms with Crippen LogP contribution in [0.3, 0.4) is 0 Å². The van der Waals surface area contributed by atoms with Crippen molar-refractivity contribution in [3.8, 4) is 0 Å². The number of rotatable bonds is 1. The van der Waals surface area contributed by atoms with Crippen molar-refractivity contribution in [1.82, 2.24) is 0 Å². The Bertz CT molecular complexity index is 232. The number of allylic oxidation sites excluding steroid dienone is 2. The van der Waals surface area contributed by atoms with Gasteiger partial charge in [-0.15, -0.1) is 0 Å². The smallest absolute Gasteiger partial charge is 0.0593 e. The molecule has 0 fully saturated rings. The molecule has 80 valence electrons. The Hall–Kier alpha value is -0.340. The minimum Gasteiger partial charge on any atom is -0.396 e. The van der Waals surface area contributed by atoms with Crippen molar-refractivity contribution in [3.63, 3.8) is 0 Å². The molecule has 0 saturated heterocycles. The highest BCUT2D eigenvalue weighted by Crippen LogP contribution is 2.36. The van der Waals surface area contributed by atoms with Crippen LogP contribution in [0, 0.1) is 5.92 Å². The van der Waals surface area contributed by atoms with Gasteiger partial charge in [-0.3, -0.25) is 0 Å². The zero-order chi connectivity index (χ0) is 9.97. The van der Waals surface area contributed by atoms with Gasteiger partial charge in [0.25, 0.3) is 0 Å². The van der Waals surface area contributed by atoms with E-state index in [-0.39, 0.29) is 18.6 Å². The van der Waals surface area contributed by atoms with E-state index in [0.29, 0.717) is 0 Å². The monoisotopic (exact) mass is 196 g/mol. The van der Waals surface area contributed by atoms with Crippen molar-refractivity contribution >= 4 is 0 Å². The summed E-state index contributed by atoms with van der Waals surface area (Å²) in [5.74, 6) is 0.115. The van der Waals surface area contributed by atoms with Gasteiger partial charge >= 0.3 is 0 Å². The summed E-state index contributed by atoms with van der Waals surface area (Å²) in [4.78, 5) is 0. The van der Waals surface area contributed by atoms with Crippen LogP contribution in [-0.4, -0.2) is 22.9 Å². The summed E-state index contributed by atoms with van der Waals surface area (Å²) in [5.41, 5.74) is 3.25. The maximum absolute atomic E-state index is 9.81. The first kappa shape index (κ1) is 10.2. The zero-order valence-corrected chi connectivity index (χ0v) is 8.71. The summed E-state index contributed by atoms with van der Waals surface area (Å²) in [6.07, 6.45) is 7.54. The first-order valence-electron chi connectivity index (χ1n) is 5.80. The Morgan fingerprint density at radius 3 is 2.29 bits per heavy atom. The molecular formula is C12H20O2. The molecule has 2 N–H and O–H groups in total. The minimum atomic E-state index is -0.283. The Morgan fingerprint density at radius 1 is 1.00 bits per heavy atom. The molecule has 2 nitrogen and oxygen atoms in total. The van der Waals surface area contributed by atoms with Crippen molar-refractivity contribution in [3.05, 3.63) is 11.1 Å². The van der Waals surface area contributed by atoms with E-state index in [9.17, 15) is 5.11 Å². The third-order valence-corrected chi connectivity index (χ3v) is 3.79. The topological polar surface area (TPSA) is 40.5 Å². The maximum Gasteiger partial charge on any atom is 0.0593 e. The lowest BCUT2D eigenvalue weighted by atomic mass is 9.87. The average molecular weight is 196 g/mol. The molecule has 0 aliphatic heterocycles. The van der Waals surface area contributed by atoms with Crippen molar-refractivity contribution in [2.75, 3.05) is 6.61 Å². The number of hydrogen-bond acceptors (Lipinski definition) is 2. The van der Waals surface area contributed by atoms with Gasteiger partial charge in [-0.05, 0) is 44.9 Å². The van der Waals surface area contributed by atoms with Crippen LogP contribution in [0.15, 0.2) is 11.1 Å². The largest absolute Gasteiger partial charge is 0.396 e. The van der Waals surface area contributed by atoms with Crippen LogP contribution in [0.25, 0.3) is 0 Å². The summed E-state index contributed by atoms with van der Waals surface area (Å²) < 4.78 is 0. The lowest BCUT2D eigenvalue weighted by Gasteiger charge is -2.24. The van der Waals surface area contributed by atoms with Crippen LogP contribution >= 0.6 is 0 Å². The number of aliphatic hydroxyl groups is 2. The summed E-state index contributed by atoms with van der Waals surface area (Å²) in [5, 5.41) is 19.0. The first-order valence-corrected chi connectivity index (χ1v) is 5.80. The molecule has 0 bridgehead atoms. The number of hydrogen-bond donors (Lipinski definition) is 2. The molecule has 14 heavy (non-hydrogen) atoms. The Kier molecular flexibility index (Phi) is 3.24. The second-order valence-corrected chi connectivity index (χ2v) is 4.65. The molecule has 2 aliphatic carbocycles. The minimum absolute atomic E-state index is 0.115. The molecule has 2 heteroatoms. The second kappa shape index (κ2) is 4.45. The first-order chi connectivity index (χ1) is 6.81. The van der Waals surface area contributed by atoms with E-state index in [1.807, 2.05) is 0 Å². The van der Waals surface area contributed by atoms with E-state index in [4.69, 9.17) is 5.11 Å². The van der Waals surface area contributed by atoms with Crippen LogP contribution < -0.4 is 0 Å². The van der Waals surface area contributed by atoms with E-state index >= 15 is 0 Å². The Labute approximate surface area is 85.6 Å². The molecule has 0 aromatic heterocycles. The molecule has 0 heterocycles. The van der Waals surface area contributed by atoms with Crippen LogP contribution in [0.4, 0.5) is 0 Å². The van der Waals surface area contributed by atoms with Gasteiger partial charge in [0.1, 0.15) is 0 Å². The van der Waals surface area contributed by atoms with Gasteiger partial charge in [-0.2, -0.15) is 0 Å². The van der Waals surface area contributed by atoms with Crippen LogP contribution in [0.5, 0.6) is 0 Å². The molecule has 0 aromatic carbocycles. The lowest BCUT2D eigenvalue weighted by molar-refractivity contribution is 0.0549. The Balaban J connectivity index is 2.04. The summed E-state index contributed by atoms with van der Waals surface area (Å²) >= 11 is 0. The van der Waals surface area contributed by atoms with Crippen molar-refractivity contribution in [2.24, 2.45) is 5.92 Å². The van der Waals surface area contributed by atoms with Crippen molar-refractivity contribution < 1.29 is 10.2 Å². The molecule has 0 radical (unpaired) electrons. The fourth-order valence-corrected chi connectivity index (χ4v) is 2.80. The van der Waals surface area contributed by atoms with Crippen LogP contribution in [0.1, 0.15) is 44.9 Å². The SMILES string of the molecule is OC[C@H]1CCC2=C(CCC2)CC[C@@H]1O. The molecule has 0 amide bonds. The van der Waals surface area contributed by atoms with Crippen molar-refractivity contribution in [2.45, 2.75) is 51.0 Å². The molecular weight excluding hydrogens is 176 g/mol. The van der Waals surface area contributed by atoms with E-state index < -0.39 is 0 Å². The van der Waals surface area contributed by atoms with Gasteiger partial charge in [-0.1, -0.05) is 11.1 Å². The average Bonchev–Trinajstić information content (AvgIpc) is 2.60. The number of aliphatic hydroxyl groups excluding tert-OH is 2. The van der Waals surface area contributed by atoms with Gasteiger partial charge in [0.2, 0.25) is 0 Å². The fourth-order valence-electron chi connectivity index (χ4n) is 2.80. The molecule has 0 unspecified atom stereocenters. The Morgan fingerprint density at radius 2 is 1.64 bits per heavy atom. The van der Waals surface area contributed by atoms with Gasteiger partial charge in [0.05, 0.1) is 6.10 Å². The standard InChI is InChI=1S/C12H20O2/c13-8-11-5-4-9-2-1-3-10(9)6-7-12(11)14/h11-14H,1-8H2/t11-,12+/m1/s1. The van der Waals surface area contributed by atoms with E-state index in [2.05, 4.69) is 0 Å². The molecule has 2 aliphatic rings. The van der Waals surface area contributed by atoms with Crippen LogP contribution in [0.2, 0.25) is 0 Å².